The minimum absolute atomic E-state index is 0.00282. The molecule has 0 aliphatic carbocycles. The number of halogens is 2. The topological polar surface area (TPSA) is 40.5 Å². The normalized spacial score (nSPS) is 15.2. The molecule has 0 saturated carbocycles. The van der Waals surface area contributed by atoms with E-state index in [2.05, 4.69) is 0 Å². The summed E-state index contributed by atoms with van der Waals surface area (Å²) in [5.74, 6) is 0.00282. The van der Waals surface area contributed by atoms with Gasteiger partial charge in [0.15, 0.2) is 0 Å². The number of alkyl halides is 1. The number of aliphatic hydroxyl groups excluding tert-OH is 2. The number of hydrogen-bond donors (Lipinski definition) is 2. The standard InChI is InChI=1S/C10H12Cl2O2/c1-6-4-7(2-3-8(6)12)10(14)9(13)5-11/h2-4,9-10,13-14H,5H2,1H3. The van der Waals surface area contributed by atoms with Crippen molar-refractivity contribution in [1.82, 2.24) is 0 Å². The fraction of sp³-hybridized carbons (Fsp3) is 0.400. The maximum atomic E-state index is 9.63. The summed E-state index contributed by atoms with van der Waals surface area (Å²) in [7, 11) is 0. The minimum Gasteiger partial charge on any atom is -0.389 e. The summed E-state index contributed by atoms with van der Waals surface area (Å²) in [6.07, 6.45) is -1.90. The zero-order chi connectivity index (χ0) is 10.7. The Kier molecular flexibility index (Phi) is 4.20. The number of aryl methyl sites for hydroxylation is 1. The largest absolute Gasteiger partial charge is 0.389 e. The third kappa shape index (κ3) is 2.61. The molecule has 2 unspecified atom stereocenters. The Hall–Kier alpha value is -0.280. The molecule has 14 heavy (non-hydrogen) atoms. The molecule has 4 heteroatoms. The predicted octanol–water partition coefficient (Wildman–Crippen LogP) is 2.28. The van der Waals surface area contributed by atoms with Gasteiger partial charge in [0, 0.05) is 5.02 Å². The first kappa shape index (κ1) is 11.8. The van der Waals surface area contributed by atoms with Crippen LogP contribution in [0.15, 0.2) is 18.2 Å². The fourth-order valence-electron chi connectivity index (χ4n) is 1.16. The molecular formula is C10H12Cl2O2. The molecule has 0 aliphatic heterocycles. The Labute approximate surface area is 93.1 Å². The lowest BCUT2D eigenvalue weighted by molar-refractivity contribution is 0.0327. The minimum atomic E-state index is -0.955. The van der Waals surface area contributed by atoms with Gasteiger partial charge in [-0.3, -0.25) is 0 Å². The maximum absolute atomic E-state index is 9.63. The summed E-state index contributed by atoms with van der Waals surface area (Å²) < 4.78 is 0. The molecule has 0 heterocycles. The molecule has 1 rings (SSSR count). The molecule has 0 aliphatic rings. The van der Waals surface area contributed by atoms with Crippen LogP contribution in [-0.4, -0.2) is 22.2 Å². The molecule has 78 valence electrons. The second-order valence-corrected chi connectivity index (χ2v) is 3.89. The van der Waals surface area contributed by atoms with Gasteiger partial charge in [0.05, 0.1) is 12.0 Å². The third-order valence-corrected chi connectivity index (χ3v) is 2.79. The molecule has 0 radical (unpaired) electrons. The lowest BCUT2D eigenvalue weighted by Gasteiger charge is -2.16. The van der Waals surface area contributed by atoms with Crippen molar-refractivity contribution in [3.63, 3.8) is 0 Å². The highest BCUT2D eigenvalue weighted by Crippen LogP contribution is 2.23. The van der Waals surface area contributed by atoms with Crippen LogP contribution in [0.25, 0.3) is 0 Å². The summed E-state index contributed by atoms with van der Waals surface area (Å²) in [5, 5.41) is 19.6. The molecule has 0 amide bonds. The Morgan fingerprint density at radius 3 is 2.50 bits per heavy atom. The van der Waals surface area contributed by atoms with E-state index < -0.39 is 12.2 Å². The van der Waals surface area contributed by atoms with Gasteiger partial charge in [-0.15, -0.1) is 11.6 Å². The van der Waals surface area contributed by atoms with Crippen LogP contribution in [0.3, 0.4) is 0 Å². The van der Waals surface area contributed by atoms with Crippen molar-refractivity contribution in [1.29, 1.82) is 0 Å². The lowest BCUT2D eigenvalue weighted by atomic mass is 10.0. The first-order valence-corrected chi connectivity index (χ1v) is 5.15. The Morgan fingerprint density at radius 2 is 2.00 bits per heavy atom. The van der Waals surface area contributed by atoms with E-state index in [1.54, 1.807) is 18.2 Å². The van der Waals surface area contributed by atoms with Gasteiger partial charge in [0.2, 0.25) is 0 Å². The average molecular weight is 235 g/mol. The van der Waals surface area contributed by atoms with E-state index in [0.29, 0.717) is 10.6 Å². The van der Waals surface area contributed by atoms with E-state index in [1.807, 2.05) is 6.92 Å². The highest BCUT2D eigenvalue weighted by atomic mass is 35.5. The van der Waals surface area contributed by atoms with Crippen molar-refractivity contribution < 1.29 is 10.2 Å². The van der Waals surface area contributed by atoms with Crippen molar-refractivity contribution in [2.24, 2.45) is 0 Å². The van der Waals surface area contributed by atoms with Gasteiger partial charge in [0.1, 0.15) is 6.10 Å². The van der Waals surface area contributed by atoms with Crippen molar-refractivity contribution in [2.45, 2.75) is 19.1 Å². The third-order valence-electron chi connectivity index (χ3n) is 2.05. The van der Waals surface area contributed by atoms with E-state index in [1.165, 1.54) is 0 Å². The number of aliphatic hydroxyl groups is 2. The first-order valence-electron chi connectivity index (χ1n) is 4.24. The van der Waals surface area contributed by atoms with E-state index in [0.717, 1.165) is 5.56 Å². The summed E-state index contributed by atoms with van der Waals surface area (Å²) in [6.45, 7) is 1.84. The monoisotopic (exact) mass is 234 g/mol. The van der Waals surface area contributed by atoms with Gasteiger partial charge in [-0.05, 0) is 24.1 Å². The van der Waals surface area contributed by atoms with Crippen molar-refractivity contribution in [2.75, 3.05) is 5.88 Å². The van der Waals surface area contributed by atoms with Gasteiger partial charge < -0.3 is 10.2 Å². The molecule has 1 aromatic carbocycles. The van der Waals surface area contributed by atoms with E-state index >= 15 is 0 Å². The molecule has 0 aromatic heterocycles. The Balaban J connectivity index is 2.91. The molecule has 1 aromatic rings. The smallest absolute Gasteiger partial charge is 0.106 e. The average Bonchev–Trinajstić information content (AvgIpc) is 2.20. The zero-order valence-corrected chi connectivity index (χ0v) is 9.26. The molecule has 2 N–H and O–H groups in total. The first-order chi connectivity index (χ1) is 6.56. The van der Waals surface area contributed by atoms with Crippen molar-refractivity contribution in [3.05, 3.63) is 34.3 Å². The quantitative estimate of drug-likeness (QED) is 0.789. The van der Waals surface area contributed by atoms with E-state index in [4.69, 9.17) is 23.2 Å². The summed E-state index contributed by atoms with van der Waals surface area (Å²) in [5.41, 5.74) is 1.49. The zero-order valence-electron chi connectivity index (χ0n) is 7.74. The number of rotatable bonds is 3. The van der Waals surface area contributed by atoms with Gasteiger partial charge in [0.25, 0.3) is 0 Å². The summed E-state index contributed by atoms with van der Waals surface area (Å²) >= 11 is 11.3. The number of benzene rings is 1. The van der Waals surface area contributed by atoms with Crippen molar-refractivity contribution >= 4 is 23.2 Å². The highest BCUT2D eigenvalue weighted by Gasteiger charge is 2.17. The SMILES string of the molecule is Cc1cc(C(O)C(O)CCl)ccc1Cl. The molecule has 2 nitrogen and oxygen atoms in total. The van der Waals surface area contributed by atoms with E-state index in [-0.39, 0.29) is 5.88 Å². The summed E-state index contributed by atoms with van der Waals surface area (Å²) in [4.78, 5) is 0. The predicted molar refractivity (Wildman–Crippen MR) is 57.9 cm³/mol. The van der Waals surface area contributed by atoms with Crippen LogP contribution in [0.4, 0.5) is 0 Å². The van der Waals surface area contributed by atoms with Crippen LogP contribution in [0, 0.1) is 6.92 Å². The molecule has 0 bridgehead atoms. The van der Waals surface area contributed by atoms with Crippen LogP contribution in [0.2, 0.25) is 5.02 Å². The van der Waals surface area contributed by atoms with Gasteiger partial charge in [-0.2, -0.15) is 0 Å². The van der Waals surface area contributed by atoms with E-state index in [9.17, 15) is 10.2 Å². The van der Waals surface area contributed by atoms with Gasteiger partial charge in [-0.1, -0.05) is 23.7 Å². The van der Waals surface area contributed by atoms with Crippen LogP contribution < -0.4 is 0 Å². The molecule has 0 saturated heterocycles. The van der Waals surface area contributed by atoms with Gasteiger partial charge in [-0.25, -0.2) is 0 Å². The van der Waals surface area contributed by atoms with Crippen LogP contribution in [-0.2, 0) is 0 Å². The molecule has 0 fully saturated rings. The lowest BCUT2D eigenvalue weighted by Crippen LogP contribution is -2.19. The molecule has 0 spiro atoms. The van der Waals surface area contributed by atoms with Crippen LogP contribution in [0.1, 0.15) is 17.2 Å². The number of hydrogen-bond acceptors (Lipinski definition) is 2. The van der Waals surface area contributed by atoms with Crippen LogP contribution >= 0.6 is 23.2 Å². The summed E-state index contributed by atoms with van der Waals surface area (Å²) in [6, 6.07) is 5.11. The highest BCUT2D eigenvalue weighted by molar-refractivity contribution is 6.31. The van der Waals surface area contributed by atoms with Crippen LogP contribution in [0.5, 0.6) is 0 Å². The Bertz CT molecular complexity index is 315. The molecule has 2 atom stereocenters. The fourth-order valence-corrected chi connectivity index (χ4v) is 1.44. The van der Waals surface area contributed by atoms with Gasteiger partial charge >= 0.3 is 0 Å². The Morgan fingerprint density at radius 1 is 1.36 bits per heavy atom. The molecular weight excluding hydrogens is 223 g/mol. The second-order valence-electron chi connectivity index (χ2n) is 3.18. The maximum Gasteiger partial charge on any atom is 0.106 e. The second kappa shape index (κ2) is 4.99. The van der Waals surface area contributed by atoms with Crippen molar-refractivity contribution in [3.8, 4) is 0 Å².